The Bertz CT molecular complexity index is 555. The van der Waals surface area contributed by atoms with Gasteiger partial charge in [-0.15, -0.1) is 0 Å². The minimum Gasteiger partial charge on any atom is -0.480 e. The van der Waals surface area contributed by atoms with Crippen molar-refractivity contribution in [2.45, 2.75) is 56.3 Å². The molecule has 9 nitrogen and oxygen atoms in total. The Morgan fingerprint density at radius 1 is 0.833 bits per heavy atom. The van der Waals surface area contributed by atoms with Gasteiger partial charge in [0.15, 0.2) is 5.66 Å². The summed E-state index contributed by atoms with van der Waals surface area (Å²) in [4.78, 5) is 36.9. The molecule has 3 unspecified atom stereocenters. The van der Waals surface area contributed by atoms with Gasteiger partial charge in [-0.2, -0.15) is 0 Å². The van der Waals surface area contributed by atoms with Crippen LogP contribution < -0.4 is 0 Å². The van der Waals surface area contributed by atoms with Crippen molar-refractivity contribution >= 4 is 17.9 Å². The van der Waals surface area contributed by atoms with E-state index in [-0.39, 0.29) is 0 Å². The first kappa shape index (κ1) is 17.1. The molecule has 9 heteroatoms. The van der Waals surface area contributed by atoms with Gasteiger partial charge in [-0.05, 0) is 38.5 Å². The van der Waals surface area contributed by atoms with Crippen LogP contribution >= 0.6 is 0 Å². The van der Waals surface area contributed by atoms with E-state index in [0.29, 0.717) is 58.2 Å². The Morgan fingerprint density at radius 2 is 1.46 bits per heavy atom. The van der Waals surface area contributed by atoms with Gasteiger partial charge in [-0.1, -0.05) is 0 Å². The number of carboxylic acid groups (broad SMARTS) is 3. The molecule has 3 N–H and O–H groups in total. The van der Waals surface area contributed by atoms with Crippen molar-refractivity contribution in [1.82, 2.24) is 14.9 Å². The number of rotatable bonds is 5. The fourth-order valence-electron chi connectivity index (χ4n) is 4.52. The van der Waals surface area contributed by atoms with Crippen LogP contribution in [-0.2, 0) is 14.4 Å². The molecule has 3 heterocycles. The molecule has 3 aliphatic rings. The van der Waals surface area contributed by atoms with Gasteiger partial charge in [0.1, 0.15) is 12.1 Å². The first-order valence-corrected chi connectivity index (χ1v) is 8.39. The molecule has 0 aromatic rings. The molecule has 0 aromatic heterocycles. The third-order valence-electron chi connectivity index (χ3n) is 5.50. The smallest absolute Gasteiger partial charge is 0.340 e. The van der Waals surface area contributed by atoms with Crippen molar-refractivity contribution in [3.8, 4) is 0 Å². The normalized spacial score (nSPS) is 35.5. The van der Waals surface area contributed by atoms with Crippen LogP contribution in [0.4, 0.5) is 0 Å². The molecule has 0 saturated carbocycles. The second-order valence-corrected chi connectivity index (χ2v) is 6.70. The van der Waals surface area contributed by atoms with Crippen LogP contribution in [0.25, 0.3) is 0 Å². The molecule has 0 aliphatic carbocycles. The zero-order valence-electron chi connectivity index (χ0n) is 13.4. The predicted molar refractivity (Wildman–Crippen MR) is 81.0 cm³/mol. The van der Waals surface area contributed by atoms with Gasteiger partial charge in [0.2, 0.25) is 0 Å². The second kappa shape index (κ2) is 6.30. The largest absolute Gasteiger partial charge is 0.480 e. The Labute approximate surface area is 139 Å². The number of hydrogen-bond donors (Lipinski definition) is 3. The summed E-state index contributed by atoms with van der Waals surface area (Å²) in [6.45, 7) is 1.31. The summed E-state index contributed by atoms with van der Waals surface area (Å²) in [5.41, 5.74) is -1.46. The standard InChI is InChI=1S/C15H23N3O6/c19-12(20)10-4-1-7-16(10)15(14(23)24)6-3-9-18(15)17-8-2-5-11(17)13(21)22/h10-11H,1-9H2,(H,19,20)(H,21,22)(H,23,24). The Balaban J connectivity index is 1.98. The maximum absolute atomic E-state index is 12.3. The lowest BCUT2D eigenvalue weighted by Crippen LogP contribution is -2.69. The highest BCUT2D eigenvalue weighted by atomic mass is 16.4. The highest BCUT2D eigenvalue weighted by molar-refractivity contribution is 5.81. The van der Waals surface area contributed by atoms with Gasteiger partial charge >= 0.3 is 17.9 Å². The average Bonchev–Trinajstić information content (AvgIpc) is 3.24. The highest BCUT2D eigenvalue weighted by Gasteiger charge is 2.59. The van der Waals surface area contributed by atoms with Gasteiger partial charge < -0.3 is 15.3 Å². The van der Waals surface area contributed by atoms with Crippen LogP contribution in [0.15, 0.2) is 0 Å². The van der Waals surface area contributed by atoms with E-state index in [1.807, 2.05) is 0 Å². The molecular weight excluding hydrogens is 318 g/mol. The van der Waals surface area contributed by atoms with Gasteiger partial charge in [0, 0.05) is 19.6 Å². The van der Waals surface area contributed by atoms with E-state index in [1.54, 1.807) is 14.9 Å². The number of hydrazine groups is 1. The average molecular weight is 341 g/mol. The van der Waals surface area contributed by atoms with Gasteiger partial charge in [0.25, 0.3) is 0 Å². The van der Waals surface area contributed by atoms with Crippen LogP contribution in [0.3, 0.4) is 0 Å². The third-order valence-corrected chi connectivity index (χ3v) is 5.50. The molecule has 3 saturated heterocycles. The first-order valence-electron chi connectivity index (χ1n) is 8.39. The Morgan fingerprint density at radius 3 is 2.08 bits per heavy atom. The molecule has 3 fully saturated rings. The van der Waals surface area contributed by atoms with E-state index in [4.69, 9.17) is 0 Å². The van der Waals surface area contributed by atoms with Crippen LogP contribution in [0.5, 0.6) is 0 Å². The maximum Gasteiger partial charge on any atom is 0.340 e. The summed E-state index contributed by atoms with van der Waals surface area (Å²) in [6, 6.07) is -1.58. The van der Waals surface area contributed by atoms with E-state index >= 15 is 0 Å². The van der Waals surface area contributed by atoms with E-state index in [9.17, 15) is 29.7 Å². The third kappa shape index (κ3) is 2.47. The van der Waals surface area contributed by atoms with E-state index in [2.05, 4.69) is 0 Å². The van der Waals surface area contributed by atoms with Crippen molar-refractivity contribution in [3.63, 3.8) is 0 Å². The molecule has 0 amide bonds. The van der Waals surface area contributed by atoms with Crippen LogP contribution in [0.1, 0.15) is 38.5 Å². The Kier molecular flexibility index (Phi) is 4.50. The van der Waals surface area contributed by atoms with Crippen molar-refractivity contribution in [1.29, 1.82) is 0 Å². The monoisotopic (exact) mass is 341 g/mol. The molecule has 0 aromatic carbocycles. The summed E-state index contributed by atoms with van der Waals surface area (Å²) in [7, 11) is 0. The lowest BCUT2D eigenvalue weighted by Gasteiger charge is -2.47. The number of aliphatic carboxylic acids is 3. The van der Waals surface area contributed by atoms with Crippen LogP contribution in [0.2, 0.25) is 0 Å². The topological polar surface area (TPSA) is 122 Å². The summed E-state index contributed by atoms with van der Waals surface area (Å²) in [6.07, 6.45) is 3.10. The maximum atomic E-state index is 12.3. The molecule has 0 spiro atoms. The quantitative estimate of drug-likeness (QED) is 0.628. The Hall–Kier alpha value is -1.71. The number of nitrogens with zero attached hydrogens (tertiary/aromatic N) is 3. The van der Waals surface area contributed by atoms with Crippen LogP contribution in [-0.4, -0.2) is 85.5 Å². The molecule has 3 rings (SSSR count). The second-order valence-electron chi connectivity index (χ2n) is 6.70. The number of carbonyl (C=O) groups is 3. The summed E-state index contributed by atoms with van der Waals surface area (Å²) >= 11 is 0. The van der Waals surface area contributed by atoms with Crippen LogP contribution in [0, 0.1) is 0 Å². The number of carboxylic acids is 3. The lowest BCUT2D eigenvalue weighted by molar-refractivity contribution is -0.202. The van der Waals surface area contributed by atoms with E-state index in [1.165, 1.54) is 0 Å². The van der Waals surface area contributed by atoms with Crippen molar-refractivity contribution in [2.24, 2.45) is 0 Å². The van der Waals surface area contributed by atoms with E-state index in [0.717, 1.165) is 0 Å². The number of likely N-dealkylation sites (tertiary alicyclic amines) is 1. The van der Waals surface area contributed by atoms with Gasteiger partial charge in [0.05, 0.1) is 0 Å². The van der Waals surface area contributed by atoms with Crippen molar-refractivity contribution in [3.05, 3.63) is 0 Å². The van der Waals surface area contributed by atoms with Crippen molar-refractivity contribution in [2.75, 3.05) is 19.6 Å². The van der Waals surface area contributed by atoms with E-state index < -0.39 is 35.7 Å². The minimum atomic E-state index is -1.46. The predicted octanol–water partition coefficient (Wildman–Crippen LogP) is -0.124. The molecule has 0 radical (unpaired) electrons. The molecule has 134 valence electrons. The summed E-state index contributed by atoms with van der Waals surface area (Å²) in [5.74, 6) is -3.07. The number of hydrogen-bond acceptors (Lipinski definition) is 6. The zero-order valence-corrected chi connectivity index (χ0v) is 13.4. The van der Waals surface area contributed by atoms with Crippen molar-refractivity contribution < 1.29 is 29.7 Å². The molecular formula is C15H23N3O6. The zero-order chi connectivity index (χ0) is 17.5. The lowest BCUT2D eigenvalue weighted by atomic mass is 10.0. The van der Waals surface area contributed by atoms with Gasteiger partial charge in [-0.3, -0.25) is 14.5 Å². The van der Waals surface area contributed by atoms with Gasteiger partial charge in [-0.25, -0.2) is 14.8 Å². The molecule has 3 atom stereocenters. The fourth-order valence-corrected chi connectivity index (χ4v) is 4.52. The SMILES string of the molecule is O=C(O)C1CCCN1N1CCCC1(C(=O)O)N1CCCC1C(=O)O. The highest BCUT2D eigenvalue weighted by Crippen LogP contribution is 2.41. The minimum absolute atomic E-state index is 0.301. The summed E-state index contributed by atoms with van der Waals surface area (Å²) < 4.78 is 0. The molecule has 24 heavy (non-hydrogen) atoms. The summed E-state index contributed by atoms with van der Waals surface area (Å²) in [5, 5.41) is 32.2. The fraction of sp³-hybridized carbons (Fsp3) is 0.800. The molecule has 3 aliphatic heterocycles. The molecule has 0 bridgehead atoms. The first-order chi connectivity index (χ1) is 11.4.